The Balaban J connectivity index is 1.76. The van der Waals surface area contributed by atoms with Crippen LogP contribution in [-0.4, -0.2) is 45.9 Å². The molecule has 0 fully saturated rings. The van der Waals surface area contributed by atoms with Crippen LogP contribution in [0.15, 0.2) is 54.6 Å². The van der Waals surface area contributed by atoms with Crippen LogP contribution in [0.25, 0.3) is 21.9 Å². The number of anilines is 1. The summed E-state index contributed by atoms with van der Waals surface area (Å²) < 4.78 is 39.6. The molecule has 0 amide bonds. The largest absolute Gasteiger partial charge is 0.462 e. The van der Waals surface area contributed by atoms with Crippen LogP contribution in [0.2, 0.25) is 0 Å². The highest BCUT2D eigenvalue weighted by Gasteiger charge is 2.34. The Labute approximate surface area is 252 Å². The predicted molar refractivity (Wildman–Crippen MR) is 168 cm³/mol. The number of carbonyl (C=O) groups is 1. The second-order valence-corrected chi connectivity index (χ2v) is 12.3. The molecule has 12 heteroatoms. The van der Waals surface area contributed by atoms with Crippen LogP contribution < -0.4 is 15.3 Å². The summed E-state index contributed by atoms with van der Waals surface area (Å²) in [6, 6.07) is 15.2. The number of fused-ring (bicyclic) bond motifs is 3. The lowest BCUT2D eigenvalue weighted by molar-refractivity contribution is -0.149. The molecule has 0 spiro atoms. The van der Waals surface area contributed by atoms with Gasteiger partial charge in [-0.05, 0) is 52.3 Å². The molecule has 3 atom stereocenters. The number of rotatable bonds is 16. The zero-order valence-corrected chi connectivity index (χ0v) is 26.4. The minimum Gasteiger partial charge on any atom is -0.462 e. The van der Waals surface area contributed by atoms with Crippen molar-refractivity contribution in [3.05, 3.63) is 60.4 Å². The number of carbonyl (C=O) groups excluding carboxylic acids is 1. The first-order valence-electron chi connectivity index (χ1n) is 14.8. The number of nitrogens with one attached hydrogen (secondary N) is 1. The van der Waals surface area contributed by atoms with E-state index >= 15 is 0 Å². The van der Waals surface area contributed by atoms with E-state index in [1.165, 1.54) is 0 Å². The van der Waals surface area contributed by atoms with Crippen LogP contribution in [-0.2, 0) is 30.0 Å². The smallest absolute Gasteiger partial charge is 0.459 e. The fraction of sp³-hybridized carbons (Fsp3) is 0.452. The van der Waals surface area contributed by atoms with E-state index in [0.29, 0.717) is 35.9 Å². The molecule has 11 nitrogen and oxygen atoms in total. The number of aromatic nitrogens is 3. The SMILES string of the molecule is CCCC[C@H](COP(=O)(N[C@@H](C)C(=O)OC(C)C)Oc1ccccc1)n1c(COCC)nc2c(N)nc3ccccc3c21. The first-order valence-corrected chi connectivity index (χ1v) is 16.3. The lowest BCUT2D eigenvalue weighted by Crippen LogP contribution is -2.36. The first kappa shape index (κ1) is 32.4. The van der Waals surface area contributed by atoms with Crippen molar-refractivity contribution in [1.82, 2.24) is 19.6 Å². The van der Waals surface area contributed by atoms with Crippen LogP contribution in [0.5, 0.6) is 5.75 Å². The predicted octanol–water partition coefficient (Wildman–Crippen LogP) is 6.57. The lowest BCUT2D eigenvalue weighted by atomic mass is 10.1. The molecular weight excluding hydrogens is 569 g/mol. The van der Waals surface area contributed by atoms with Crippen molar-refractivity contribution >= 4 is 41.5 Å². The Morgan fingerprint density at radius 2 is 1.77 bits per heavy atom. The number of pyridine rings is 1. The monoisotopic (exact) mass is 611 g/mol. The molecule has 0 bridgehead atoms. The third kappa shape index (κ3) is 8.12. The van der Waals surface area contributed by atoms with Crippen molar-refractivity contribution < 1.29 is 27.9 Å². The summed E-state index contributed by atoms with van der Waals surface area (Å²) in [5, 5.41) is 3.67. The minimum absolute atomic E-state index is 0.00972. The van der Waals surface area contributed by atoms with Gasteiger partial charge >= 0.3 is 13.7 Å². The molecule has 0 saturated carbocycles. The maximum Gasteiger partial charge on any atom is 0.459 e. The minimum atomic E-state index is -4.09. The molecule has 1 unspecified atom stereocenters. The van der Waals surface area contributed by atoms with Crippen molar-refractivity contribution in [3.63, 3.8) is 0 Å². The molecule has 2 aromatic heterocycles. The zero-order valence-electron chi connectivity index (χ0n) is 25.5. The Hall–Kier alpha value is -3.50. The van der Waals surface area contributed by atoms with Gasteiger partial charge in [-0.1, -0.05) is 56.2 Å². The number of hydrogen-bond acceptors (Lipinski definition) is 9. The number of esters is 1. The number of nitrogen functional groups attached to an aromatic ring is 1. The molecule has 232 valence electrons. The zero-order chi connectivity index (χ0) is 31.0. The van der Waals surface area contributed by atoms with Crippen LogP contribution in [0, 0.1) is 0 Å². The second-order valence-electron chi connectivity index (χ2n) is 10.6. The average molecular weight is 612 g/mol. The highest BCUT2D eigenvalue weighted by atomic mass is 31.2. The number of para-hydroxylation sites is 2. The molecule has 2 heterocycles. The van der Waals surface area contributed by atoms with E-state index in [1.54, 1.807) is 45.0 Å². The summed E-state index contributed by atoms with van der Waals surface area (Å²) in [7, 11) is -4.09. The van der Waals surface area contributed by atoms with Gasteiger partial charge in [0.1, 0.15) is 29.7 Å². The topological polar surface area (TPSA) is 140 Å². The third-order valence-corrected chi connectivity index (χ3v) is 8.42. The maximum atomic E-state index is 14.3. The van der Waals surface area contributed by atoms with E-state index < -0.39 is 19.8 Å². The number of imidazole rings is 1. The molecule has 3 N–H and O–H groups in total. The summed E-state index contributed by atoms with van der Waals surface area (Å²) in [6.07, 6.45) is 2.16. The normalized spacial score (nSPS) is 14.6. The van der Waals surface area contributed by atoms with Crippen LogP contribution in [0.3, 0.4) is 0 Å². The highest BCUT2D eigenvalue weighted by Crippen LogP contribution is 2.46. The number of nitrogens with zero attached hydrogens (tertiary/aromatic N) is 3. The van der Waals surface area contributed by atoms with Gasteiger partial charge in [-0.3, -0.25) is 9.32 Å². The fourth-order valence-corrected chi connectivity index (χ4v) is 6.33. The Bertz CT molecular complexity index is 1560. The molecule has 0 aliphatic rings. The molecule has 0 saturated heterocycles. The van der Waals surface area contributed by atoms with Gasteiger partial charge in [0.2, 0.25) is 0 Å². The van der Waals surface area contributed by atoms with Gasteiger partial charge in [-0.15, -0.1) is 0 Å². The molecule has 0 radical (unpaired) electrons. The number of ether oxygens (including phenoxy) is 2. The van der Waals surface area contributed by atoms with E-state index in [0.717, 1.165) is 29.3 Å². The van der Waals surface area contributed by atoms with Gasteiger partial charge in [0.15, 0.2) is 5.82 Å². The van der Waals surface area contributed by atoms with Crippen molar-refractivity contribution in [2.24, 2.45) is 0 Å². The van der Waals surface area contributed by atoms with Crippen molar-refractivity contribution in [2.75, 3.05) is 18.9 Å². The lowest BCUT2D eigenvalue weighted by Gasteiger charge is -2.27. The Kier molecular flexibility index (Phi) is 11.2. The van der Waals surface area contributed by atoms with E-state index in [-0.39, 0.29) is 25.4 Å². The van der Waals surface area contributed by atoms with Crippen molar-refractivity contribution in [3.8, 4) is 5.75 Å². The number of nitrogens with two attached hydrogens (primary N) is 1. The molecule has 4 rings (SSSR count). The van der Waals surface area contributed by atoms with Gasteiger partial charge in [0.05, 0.1) is 29.8 Å². The maximum absolute atomic E-state index is 14.3. The van der Waals surface area contributed by atoms with Crippen molar-refractivity contribution in [1.29, 1.82) is 0 Å². The van der Waals surface area contributed by atoms with Gasteiger partial charge < -0.3 is 24.3 Å². The van der Waals surface area contributed by atoms with Crippen LogP contribution in [0.4, 0.5) is 5.82 Å². The molecule has 4 aromatic rings. The van der Waals surface area contributed by atoms with Gasteiger partial charge in [-0.2, -0.15) is 5.09 Å². The summed E-state index contributed by atoms with van der Waals surface area (Å²) in [6.45, 7) is 9.83. The van der Waals surface area contributed by atoms with Crippen LogP contribution >= 0.6 is 7.75 Å². The summed E-state index contributed by atoms with van der Waals surface area (Å²) in [5.41, 5.74) is 8.52. The number of unbranched alkanes of at least 4 members (excludes halogenated alkanes) is 1. The summed E-state index contributed by atoms with van der Waals surface area (Å²) in [4.78, 5) is 22.1. The average Bonchev–Trinajstić information content (AvgIpc) is 3.36. The van der Waals surface area contributed by atoms with Gasteiger partial charge in [-0.25, -0.2) is 14.5 Å². The van der Waals surface area contributed by atoms with Crippen molar-refractivity contribution in [2.45, 2.75) is 78.7 Å². The quantitative estimate of drug-likeness (QED) is 0.106. The summed E-state index contributed by atoms with van der Waals surface area (Å²) >= 11 is 0. The second kappa shape index (κ2) is 14.8. The van der Waals surface area contributed by atoms with Gasteiger partial charge in [0, 0.05) is 12.0 Å². The first-order chi connectivity index (χ1) is 20.7. The van der Waals surface area contributed by atoms with E-state index in [4.69, 9.17) is 29.2 Å². The Morgan fingerprint density at radius 1 is 1.05 bits per heavy atom. The molecule has 43 heavy (non-hydrogen) atoms. The standard InChI is InChI=1S/C31H42N5O6P/c1-6-8-14-23(19-40-43(38,42-24-15-10-9-11-16-24)35-22(5)31(37)41-21(3)4)36-27(20-39-7-2)34-28-29(36)25-17-12-13-18-26(25)33-30(28)32/h9-13,15-18,21-23H,6-8,14,19-20H2,1-5H3,(H2,32,33)(H,35,38)/t22-,23+,43?/m0/s1. The highest BCUT2D eigenvalue weighted by molar-refractivity contribution is 7.52. The number of benzene rings is 2. The molecule has 2 aromatic carbocycles. The Morgan fingerprint density at radius 3 is 2.47 bits per heavy atom. The van der Waals surface area contributed by atoms with E-state index in [2.05, 4.69) is 21.6 Å². The van der Waals surface area contributed by atoms with E-state index in [1.807, 2.05) is 37.3 Å². The van der Waals surface area contributed by atoms with Crippen LogP contribution in [0.1, 0.15) is 65.7 Å². The van der Waals surface area contributed by atoms with Gasteiger partial charge in [0.25, 0.3) is 0 Å². The summed E-state index contributed by atoms with van der Waals surface area (Å²) in [5.74, 6) is 0.750. The molecule has 0 aliphatic heterocycles. The molecule has 0 aliphatic carbocycles. The number of hydrogen-bond donors (Lipinski definition) is 2. The third-order valence-electron chi connectivity index (χ3n) is 6.78. The fourth-order valence-electron chi connectivity index (χ4n) is 4.80. The molecular formula is C31H42N5O6P. The van der Waals surface area contributed by atoms with E-state index in [9.17, 15) is 9.36 Å².